The van der Waals surface area contributed by atoms with E-state index in [1.807, 2.05) is 6.07 Å². The lowest BCUT2D eigenvalue weighted by atomic mass is 9.99. The highest BCUT2D eigenvalue weighted by atomic mass is 35.5. The van der Waals surface area contributed by atoms with Gasteiger partial charge in [-0.3, -0.25) is 15.0 Å². The van der Waals surface area contributed by atoms with Gasteiger partial charge in [0.1, 0.15) is 0 Å². The lowest BCUT2D eigenvalue weighted by Gasteiger charge is -2.37. The van der Waals surface area contributed by atoms with Crippen LogP contribution in [0.4, 0.5) is 10.5 Å². The molecule has 2 unspecified atom stereocenters. The molecule has 10 heteroatoms. The molecule has 154 valence electrons. The number of nitro benzene ring substituents is 1. The normalized spacial score (nSPS) is 18.2. The van der Waals surface area contributed by atoms with Crippen LogP contribution in [0.2, 0.25) is 10.0 Å². The van der Waals surface area contributed by atoms with Crippen LogP contribution in [-0.4, -0.2) is 46.8 Å². The van der Waals surface area contributed by atoms with Crippen molar-refractivity contribution in [1.29, 1.82) is 0 Å². The summed E-state index contributed by atoms with van der Waals surface area (Å²) in [4.78, 5) is 23.8. The number of amides is 1. The number of ether oxygens (including phenoxy) is 1. The van der Waals surface area contributed by atoms with Crippen molar-refractivity contribution < 1.29 is 19.6 Å². The quantitative estimate of drug-likeness (QED) is 0.518. The highest BCUT2D eigenvalue weighted by Gasteiger charge is 2.31. The van der Waals surface area contributed by atoms with Crippen molar-refractivity contribution in [2.75, 3.05) is 19.7 Å². The first-order valence-corrected chi connectivity index (χ1v) is 9.61. The third-order valence-electron chi connectivity index (χ3n) is 4.68. The Labute approximate surface area is 177 Å². The number of non-ortho nitro benzene ring substituents is 1. The Morgan fingerprint density at radius 3 is 2.62 bits per heavy atom. The van der Waals surface area contributed by atoms with Crippen molar-refractivity contribution in [3.05, 3.63) is 73.8 Å². The first kappa shape index (κ1) is 21.3. The fraction of sp³-hybridized carbons (Fsp3) is 0.316. The van der Waals surface area contributed by atoms with E-state index < -0.39 is 23.2 Å². The Kier molecular flexibility index (Phi) is 6.92. The van der Waals surface area contributed by atoms with E-state index in [0.29, 0.717) is 41.8 Å². The number of carboxylic acid groups (broad SMARTS) is 1. The molecule has 1 fully saturated rings. The summed E-state index contributed by atoms with van der Waals surface area (Å²) in [6.45, 7) is 2.19. The van der Waals surface area contributed by atoms with Gasteiger partial charge in [0.25, 0.3) is 5.69 Å². The van der Waals surface area contributed by atoms with Crippen LogP contribution in [0, 0.1) is 10.1 Å². The monoisotopic (exact) mass is 439 g/mol. The lowest BCUT2D eigenvalue weighted by molar-refractivity contribution is -0.384. The second-order valence-corrected chi connectivity index (χ2v) is 7.48. The summed E-state index contributed by atoms with van der Waals surface area (Å²) < 4.78 is 5.84. The molecule has 0 bridgehead atoms. The van der Waals surface area contributed by atoms with E-state index in [2.05, 4.69) is 10.2 Å². The molecule has 29 heavy (non-hydrogen) atoms. The van der Waals surface area contributed by atoms with Gasteiger partial charge in [-0.2, -0.15) is 0 Å². The van der Waals surface area contributed by atoms with Crippen LogP contribution in [0.15, 0.2) is 42.5 Å². The number of rotatable bonds is 6. The number of morpholine rings is 1. The highest BCUT2D eigenvalue weighted by molar-refractivity contribution is 6.42. The van der Waals surface area contributed by atoms with E-state index in [1.165, 1.54) is 12.1 Å². The number of benzene rings is 2. The smallest absolute Gasteiger partial charge is 0.405 e. The van der Waals surface area contributed by atoms with Crippen LogP contribution in [0.5, 0.6) is 0 Å². The van der Waals surface area contributed by atoms with Crippen LogP contribution in [-0.2, 0) is 11.3 Å². The zero-order chi connectivity index (χ0) is 21.0. The van der Waals surface area contributed by atoms with Crippen LogP contribution < -0.4 is 5.32 Å². The molecule has 8 nitrogen and oxygen atoms in total. The van der Waals surface area contributed by atoms with Crippen molar-refractivity contribution >= 4 is 35.0 Å². The van der Waals surface area contributed by atoms with Crippen LogP contribution >= 0.6 is 23.2 Å². The van der Waals surface area contributed by atoms with Gasteiger partial charge in [-0.05, 0) is 23.3 Å². The van der Waals surface area contributed by atoms with Crippen molar-refractivity contribution in [1.82, 2.24) is 10.2 Å². The zero-order valence-corrected chi connectivity index (χ0v) is 16.8. The summed E-state index contributed by atoms with van der Waals surface area (Å²) in [6.07, 6.45) is -1.65. The maximum atomic E-state index is 11.3. The van der Waals surface area contributed by atoms with Crippen molar-refractivity contribution in [2.45, 2.75) is 18.7 Å². The molecule has 2 aromatic carbocycles. The number of halogens is 2. The third kappa shape index (κ3) is 5.57. The number of carbonyl (C=O) groups is 1. The lowest BCUT2D eigenvalue weighted by Crippen LogP contribution is -2.48. The van der Waals surface area contributed by atoms with Gasteiger partial charge in [0.05, 0.1) is 33.7 Å². The molecule has 3 rings (SSSR count). The highest BCUT2D eigenvalue weighted by Crippen LogP contribution is 2.27. The van der Waals surface area contributed by atoms with Gasteiger partial charge < -0.3 is 15.2 Å². The molecule has 0 aromatic heterocycles. The van der Waals surface area contributed by atoms with E-state index in [-0.39, 0.29) is 5.69 Å². The molecule has 2 aromatic rings. The van der Waals surface area contributed by atoms with Crippen molar-refractivity contribution in [2.24, 2.45) is 0 Å². The number of nitro groups is 1. The number of nitrogens with one attached hydrogen (secondary N) is 1. The molecule has 1 aliphatic rings. The molecule has 1 amide bonds. The van der Waals surface area contributed by atoms with E-state index in [0.717, 1.165) is 5.56 Å². The molecule has 1 aliphatic heterocycles. The molecule has 2 N–H and O–H groups in total. The van der Waals surface area contributed by atoms with Crippen LogP contribution in [0.1, 0.15) is 17.2 Å². The molecule has 1 heterocycles. The summed E-state index contributed by atoms with van der Waals surface area (Å²) in [6, 6.07) is 10.6. The summed E-state index contributed by atoms with van der Waals surface area (Å²) in [5.41, 5.74) is 1.52. The summed E-state index contributed by atoms with van der Waals surface area (Å²) >= 11 is 12.0. The molecule has 0 aliphatic carbocycles. The summed E-state index contributed by atoms with van der Waals surface area (Å²) in [5.74, 6) is 0. The zero-order valence-electron chi connectivity index (χ0n) is 15.3. The van der Waals surface area contributed by atoms with E-state index in [4.69, 9.17) is 27.9 Å². The third-order valence-corrected chi connectivity index (χ3v) is 5.42. The summed E-state index contributed by atoms with van der Waals surface area (Å²) in [5, 5.41) is 23.6. The van der Waals surface area contributed by atoms with E-state index in [1.54, 1.807) is 24.3 Å². The molecule has 0 radical (unpaired) electrons. The minimum atomic E-state index is -1.20. The topological polar surface area (TPSA) is 105 Å². The standard InChI is InChI=1S/C19H19Cl2N3O5/c20-15-6-1-12(9-16(15)21)10-23-7-8-29-17(11-23)18(22-19(25)26)13-2-4-14(5-3-13)24(27)28/h1-6,9,17-18,22H,7-8,10-11H2,(H,25,26). The SMILES string of the molecule is O=C(O)NC(c1ccc([N+](=O)[O-])cc1)C1CN(Cc2ccc(Cl)c(Cl)c2)CCO1. The Morgan fingerprint density at radius 1 is 1.28 bits per heavy atom. The Morgan fingerprint density at radius 2 is 2.00 bits per heavy atom. The van der Waals surface area contributed by atoms with Gasteiger partial charge in [-0.25, -0.2) is 4.79 Å². The predicted molar refractivity (Wildman–Crippen MR) is 108 cm³/mol. The van der Waals surface area contributed by atoms with Gasteiger partial charge in [0.15, 0.2) is 0 Å². The van der Waals surface area contributed by atoms with Gasteiger partial charge in [0.2, 0.25) is 0 Å². The number of hydrogen-bond donors (Lipinski definition) is 2. The maximum absolute atomic E-state index is 11.3. The number of nitrogens with zero attached hydrogens (tertiary/aromatic N) is 2. The maximum Gasteiger partial charge on any atom is 0.405 e. The Bertz CT molecular complexity index is 894. The van der Waals surface area contributed by atoms with Gasteiger partial charge in [-0.1, -0.05) is 41.4 Å². The fourth-order valence-electron chi connectivity index (χ4n) is 3.30. The predicted octanol–water partition coefficient (Wildman–Crippen LogP) is 4.11. The van der Waals surface area contributed by atoms with Gasteiger partial charge in [-0.15, -0.1) is 0 Å². The molecular formula is C19H19Cl2N3O5. The van der Waals surface area contributed by atoms with Crippen molar-refractivity contribution in [3.8, 4) is 0 Å². The molecule has 1 saturated heterocycles. The van der Waals surface area contributed by atoms with E-state index >= 15 is 0 Å². The van der Waals surface area contributed by atoms with Crippen LogP contribution in [0.3, 0.4) is 0 Å². The minimum Gasteiger partial charge on any atom is -0.465 e. The Balaban J connectivity index is 1.75. The second-order valence-electron chi connectivity index (χ2n) is 6.67. The molecular weight excluding hydrogens is 421 g/mol. The van der Waals surface area contributed by atoms with Gasteiger partial charge in [0, 0.05) is 31.8 Å². The first-order valence-electron chi connectivity index (χ1n) is 8.85. The van der Waals surface area contributed by atoms with E-state index in [9.17, 15) is 20.0 Å². The average molecular weight is 440 g/mol. The summed E-state index contributed by atoms with van der Waals surface area (Å²) in [7, 11) is 0. The number of hydrogen-bond acceptors (Lipinski definition) is 5. The second kappa shape index (κ2) is 9.41. The Hall–Kier alpha value is -2.39. The van der Waals surface area contributed by atoms with Crippen molar-refractivity contribution in [3.63, 3.8) is 0 Å². The molecule has 2 atom stereocenters. The molecule has 0 saturated carbocycles. The first-order chi connectivity index (χ1) is 13.8. The molecule has 0 spiro atoms. The largest absolute Gasteiger partial charge is 0.465 e. The minimum absolute atomic E-state index is 0.0615. The fourth-order valence-corrected chi connectivity index (χ4v) is 3.62. The average Bonchev–Trinajstić information content (AvgIpc) is 2.69. The van der Waals surface area contributed by atoms with Crippen LogP contribution in [0.25, 0.3) is 0 Å². The van der Waals surface area contributed by atoms with Gasteiger partial charge >= 0.3 is 6.09 Å².